The summed E-state index contributed by atoms with van der Waals surface area (Å²) in [7, 11) is 0. The van der Waals surface area contributed by atoms with Crippen molar-refractivity contribution >= 4 is 23.9 Å². The minimum atomic E-state index is -0.372. The zero-order chi connectivity index (χ0) is 39.3. The number of nitrogens with two attached hydrogens (primary N) is 3. The van der Waals surface area contributed by atoms with Crippen LogP contribution in [0.25, 0.3) is 0 Å². The summed E-state index contributed by atoms with van der Waals surface area (Å²) >= 11 is 0. The highest BCUT2D eigenvalue weighted by atomic mass is 16.6. The van der Waals surface area contributed by atoms with Crippen LogP contribution in [0.5, 0.6) is 0 Å². The van der Waals surface area contributed by atoms with Gasteiger partial charge in [-0.2, -0.15) is 0 Å². The maximum absolute atomic E-state index is 13.3. The molecule has 11 atom stereocenters. The standard InChI is InChI=1S/C43H75N3O8/c1-5-6-7-8-9-10-11-12-25-51-37(47)16-13-29(2)32-14-15-33-41-34(28-36(43(32,33)4)54-40(50)20-24-46)42(3)21-17-31(52-38(48)18-22-44)26-30(42)27-35(41)53-39(49)19-23-45/h29-36,41H,5-28,44-46H2,1-4H3/t29-,30+,31-,32-,33+,34?,35-,36+,41+,42+,43-/m1/s1. The van der Waals surface area contributed by atoms with Gasteiger partial charge in [-0.3, -0.25) is 19.2 Å². The summed E-state index contributed by atoms with van der Waals surface area (Å²) in [5, 5.41) is 0. The number of carbonyl (C=O) groups excluding carboxylic acids is 4. The highest BCUT2D eigenvalue weighted by Crippen LogP contribution is 2.69. The normalized spacial score (nSPS) is 33.5. The van der Waals surface area contributed by atoms with Gasteiger partial charge in [0.15, 0.2) is 0 Å². The molecule has 310 valence electrons. The number of carbonyl (C=O) groups is 4. The van der Waals surface area contributed by atoms with Crippen molar-refractivity contribution in [3.05, 3.63) is 0 Å². The van der Waals surface area contributed by atoms with Crippen LogP contribution in [0.1, 0.15) is 156 Å². The lowest BCUT2D eigenvalue weighted by Gasteiger charge is -2.64. The lowest BCUT2D eigenvalue weighted by atomic mass is 9.43. The molecule has 0 radical (unpaired) electrons. The molecule has 0 spiro atoms. The number of hydrogen-bond acceptors (Lipinski definition) is 11. The highest BCUT2D eigenvalue weighted by molar-refractivity contribution is 5.71. The Hall–Kier alpha value is -2.24. The number of hydrogen-bond donors (Lipinski definition) is 3. The topological polar surface area (TPSA) is 183 Å². The zero-order valence-electron chi connectivity index (χ0n) is 34.2. The second kappa shape index (κ2) is 21.3. The van der Waals surface area contributed by atoms with Crippen molar-refractivity contribution in [2.45, 2.75) is 174 Å². The summed E-state index contributed by atoms with van der Waals surface area (Å²) in [6.45, 7) is 10.3. The molecule has 4 fully saturated rings. The van der Waals surface area contributed by atoms with E-state index >= 15 is 0 Å². The molecular formula is C43H75N3O8. The van der Waals surface area contributed by atoms with Gasteiger partial charge in [-0.15, -0.1) is 0 Å². The van der Waals surface area contributed by atoms with Gasteiger partial charge < -0.3 is 36.1 Å². The van der Waals surface area contributed by atoms with Crippen LogP contribution in [0.3, 0.4) is 0 Å². The molecule has 6 N–H and O–H groups in total. The first-order valence-electron chi connectivity index (χ1n) is 21.8. The summed E-state index contributed by atoms with van der Waals surface area (Å²) in [6.07, 6.45) is 15.9. The Labute approximate surface area is 325 Å². The maximum atomic E-state index is 13.3. The number of rotatable bonds is 22. The van der Waals surface area contributed by atoms with Crippen LogP contribution in [-0.2, 0) is 38.1 Å². The summed E-state index contributed by atoms with van der Waals surface area (Å²) < 4.78 is 24.4. The Morgan fingerprint density at radius 3 is 1.94 bits per heavy atom. The fourth-order valence-corrected chi connectivity index (χ4v) is 11.6. The van der Waals surface area contributed by atoms with E-state index in [0.717, 1.165) is 38.5 Å². The molecule has 0 bridgehead atoms. The van der Waals surface area contributed by atoms with Gasteiger partial charge in [-0.05, 0) is 92.8 Å². The molecule has 0 aromatic rings. The van der Waals surface area contributed by atoms with Gasteiger partial charge in [-0.25, -0.2) is 0 Å². The smallest absolute Gasteiger partial charge is 0.307 e. The number of ether oxygens (including phenoxy) is 4. The third kappa shape index (κ3) is 11.0. The van der Waals surface area contributed by atoms with Gasteiger partial charge >= 0.3 is 23.9 Å². The Balaban J connectivity index is 1.50. The van der Waals surface area contributed by atoms with Crippen molar-refractivity contribution in [3.8, 4) is 0 Å². The van der Waals surface area contributed by atoms with E-state index in [4.69, 9.17) is 36.1 Å². The summed E-state index contributed by atoms with van der Waals surface area (Å²) in [5.41, 5.74) is 16.8. The molecule has 4 saturated carbocycles. The van der Waals surface area contributed by atoms with Crippen molar-refractivity contribution in [2.24, 2.45) is 63.5 Å². The van der Waals surface area contributed by atoms with Crippen molar-refractivity contribution < 1.29 is 38.1 Å². The third-order valence-corrected chi connectivity index (χ3v) is 14.4. The lowest BCUT2D eigenvalue weighted by molar-refractivity contribution is -0.225. The monoisotopic (exact) mass is 762 g/mol. The first kappa shape index (κ1) is 44.5. The molecule has 4 rings (SSSR count). The Morgan fingerprint density at radius 2 is 1.30 bits per heavy atom. The minimum absolute atomic E-state index is 0.0904. The molecule has 0 saturated heterocycles. The van der Waals surface area contributed by atoms with Crippen molar-refractivity contribution in [1.29, 1.82) is 0 Å². The predicted molar refractivity (Wildman–Crippen MR) is 209 cm³/mol. The SMILES string of the molecule is CCCCCCCCCCOC(=O)CC[C@@H](C)[C@H]1CC[C@H]2[C@H]3C(C[C@H](OC(=O)CCN)[C@]12C)[C@@]1(C)CC[C@@H](OC(=O)CCN)C[C@H]1C[C@H]3OC(=O)CCN. The van der Waals surface area contributed by atoms with Crippen molar-refractivity contribution in [3.63, 3.8) is 0 Å². The molecule has 11 nitrogen and oxygen atoms in total. The highest BCUT2D eigenvalue weighted by Gasteiger charge is 2.67. The molecule has 54 heavy (non-hydrogen) atoms. The Bertz CT molecular complexity index is 1220. The average molecular weight is 762 g/mol. The van der Waals surface area contributed by atoms with Crippen LogP contribution in [0, 0.1) is 46.3 Å². The van der Waals surface area contributed by atoms with Crippen LogP contribution in [0.4, 0.5) is 0 Å². The molecule has 0 aliphatic heterocycles. The van der Waals surface area contributed by atoms with Gasteiger partial charge in [0.25, 0.3) is 0 Å². The van der Waals surface area contributed by atoms with E-state index in [9.17, 15) is 19.2 Å². The molecule has 0 heterocycles. The second-order valence-electron chi connectivity index (χ2n) is 17.7. The quantitative estimate of drug-likeness (QED) is 0.0603. The number of fused-ring (bicyclic) bond motifs is 5. The molecule has 4 aliphatic carbocycles. The van der Waals surface area contributed by atoms with Gasteiger partial charge in [0.1, 0.15) is 18.3 Å². The average Bonchev–Trinajstić information content (AvgIpc) is 3.49. The summed E-state index contributed by atoms with van der Waals surface area (Å²) in [4.78, 5) is 51.7. The fourth-order valence-electron chi connectivity index (χ4n) is 11.6. The van der Waals surface area contributed by atoms with E-state index in [0.29, 0.717) is 38.7 Å². The molecule has 0 aromatic carbocycles. The van der Waals surface area contributed by atoms with E-state index in [1.54, 1.807) is 0 Å². The first-order chi connectivity index (χ1) is 25.9. The van der Waals surface area contributed by atoms with Crippen molar-refractivity contribution in [2.75, 3.05) is 26.2 Å². The Kier molecular flexibility index (Phi) is 17.6. The van der Waals surface area contributed by atoms with Crippen LogP contribution in [0.15, 0.2) is 0 Å². The Morgan fingerprint density at radius 1 is 0.685 bits per heavy atom. The van der Waals surface area contributed by atoms with E-state index in [-0.39, 0.29) is 127 Å². The van der Waals surface area contributed by atoms with E-state index in [1.807, 2.05) is 0 Å². The van der Waals surface area contributed by atoms with Gasteiger partial charge in [0.2, 0.25) is 0 Å². The number of unbranched alkanes of at least 4 members (excludes halogenated alkanes) is 7. The minimum Gasteiger partial charge on any atom is -0.466 e. The molecule has 1 unspecified atom stereocenters. The first-order valence-corrected chi connectivity index (χ1v) is 21.8. The summed E-state index contributed by atoms with van der Waals surface area (Å²) in [5.74, 6) is -0.000836. The van der Waals surface area contributed by atoms with Gasteiger partial charge in [-0.1, -0.05) is 72.6 Å². The predicted octanol–water partition coefficient (Wildman–Crippen LogP) is 6.75. The van der Waals surface area contributed by atoms with Crippen LogP contribution in [0.2, 0.25) is 0 Å². The van der Waals surface area contributed by atoms with Gasteiger partial charge in [0, 0.05) is 37.4 Å². The van der Waals surface area contributed by atoms with Crippen molar-refractivity contribution in [1.82, 2.24) is 0 Å². The molecule has 4 aliphatic rings. The van der Waals surface area contributed by atoms with E-state index in [2.05, 4.69) is 27.7 Å². The molecule has 0 amide bonds. The molecule has 11 heteroatoms. The van der Waals surface area contributed by atoms with E-state index < -0.39 is 0 Å². The summed E-state index contributed by atoms with van der Waals surface area (Å²) in [6, 6.07) is 0. The van der Waals surface area contributed by atoms with Crippen LogP contribution >= 0.6 is 0 Å². The molecule has 0 aromatic heterocycles. The zero-order valence-corrected chi connectivity index (χ0v) is 34.2. The van der Waals surface area contributed by atoms with Gasteiger partial charge in [0.05, 0.1) is 25.9 Å². The lowest BCUT2D eigenvalue weighted by Crippen LogP contribution is -2.63. The fraction of sp³-hybridized carbons (Fsp3) is 0.907. The number of esters is 4. The van der Waals surface area contributed by atoms with E-state index in [1.165, 1.54) is 38.5 Å². The van der Waals surface area contributed by atoms with Crippen LogP contribution in [-0.4, -0.2) is 68.4 Å². The molecular weight excluding hydrogens is 686 g/mol. The maximum Gasteiger partial charge on any atom is 0.307 e. The second-order valence-corrected chi connectivity index (χ2v) is 17.7. The largest absolute Gasteiger partial charge is 0.466 e. The third-order valence-electron chi connectivity index (χ3n) is 14.4. The van der Waals surface area contributed by atoms with Crippen LogP contribution < -0.4 is 17.2 Å².